The number of para-hydroxylation sites is 2. The second kappa shape index (κ2) is 10.6. The molecule has 1 N–H and O–H groups in total. The first-order chi connectivity index (χ1) is 15.3. The van der Waals surface area contributed by atoms with Gasteiger partial charge < -0.3 is 19.5 Å². The second-order valence-electron chi connectivity index (χ2n) is 7.05. The lowest BCUT2D eigenvalue weighted by molar-refractivity contribution is -0.119. The van der Waals surface area contributed by atoms with E-state index in [9.17, 15) is 18.0 Å². The fourth-order valence-electron chi connectivity index (χ4n) is 3.16. The maximum Gasteiger partial charge on any atom is 0.338 e. The number of anilines is 1. The Morgan fingerprint density at radius 3 is 2.56 bits per heavy atom. The minimum atomic E-state index is -3.76. The summed E-state index contributed by atoms with van der Waals surface area (Å²) >= 11 is 0. The molecule has 1 fully saturated rings. The average Bonchev–Trinajstić information content (AvgIpc) is 2.79. The van der Waals surface area contributed by atoms with Crippen LogP contribution < -0.4 is 10.1 Å². The summed E-state index contributed by atoms with van der Waals surface area (Å²) in [4.78, 5) is 24.8. The highest BCUT2D eigenvalue weighted by molar-refractivity contribution is 7.89. The van der Waals surface area contributed by atoms with Crippen molar-refractivity contribution in [2.24, 2.45) is 0 Å². The Kier molecular flexibility index (Phi) is 7.84. The number of rotatable bonds is 8. The summed E-state index contributed by atoms with van der Waals surface area (Å²) in [6.07, 6.45) is 0. The molecular weight excluding hydrogens is 436 g/mol. The predicted octanol–water partition coefficient (Wildman–Crippen LogP) is 2.21. The molecule has 2 aromatic rings. The van der Waals surface area contributed by atoms with Crippen LogP contribution in [0.25, 0.3) is 0 Å². The number of carbonyl (C=O) groups is 2. The van der Waals surface area contributed by atoms with Crippen LogP contribution in [-0.2, 0) is 24.3 Å². The van der Waals surface area contributed by atoms with Crippen LogP contribution in [0.3, 0.4) is 0 Å². The predicted molar refractivity (Wildman–Crippen MR) is 117 cm³/mol. The molecule has 0 aliphatic carbocycles. The van der Waals surface area contributed by atoms with Gasteiger partial charge in [-0.15, -0.1) is 0 Å². The minimum Gasteiger partial charge on any atom is -0.492 e. The molecule has 10 heteroatoms. The van der Waals surface area contributed by atoms with Gasteiger partial charge in [0.15, 0.2) is 6.61 Å². The summed E-state index contributed by atoms with van der Waals surface area (Å²) in [5.74, 6) is -0.818. The number of hydrogen-bond donors (Lipinski definition) is 1. The number of hydrogen-bond acceptors (Lipinski definition) is 7. The van der Waals surface area contributed by atoms with Crippen molar-refractivity contribution in [3.63, 3.8) is 0 Å². The quantitative estimate of drug-likeness (QED) is 0.599. The van der Waals surface area contributed by atoms with Crippen LogP contribution in [0.2, 0.25) is 0 Å². The van der Waals surface area contributed by atoms with E-state index >= 15 is 0 Å². The van der Waals surface area contributed by atoms with E-state index < -0.39 is 28.5 Å². The molecule has 2 aromatic carbocycles. The number of esters is 1. The van der Waals surface area contributed by atoms with E-state index in [0.717, 1.165) is 0 Å². The van der Waals surface area contributed by atoms with Crippen LogP contribution >= 0.6 is 0 Å². The number of nitrogens with zero attached hydrogens (tertiary/aromatic N) is 1. The molecule has 1 amide bonds. The Bertz CT molecular complexity index is 1080. The third-order valence-corrected chi connectivity index (χ3v) is 6.73. The van der Waals surface area contributed by atoms with E-state index in [2.05, 4.69) is 5.32 Å². The third-order valence-electron chi connectivity index (χ3n) is 4.83. The molecule has 0 bridgehead atoms. The van der Waals surface area contributed by atoms with Gasteiger partial charge in [-0.25, -0.2) is 13.2 Å². The van der Waals surface area contributed by atoms with E-state index in [-0.39, 0.29) is 23.5 Å². The van der Waals surface area contributed by atoms with Gasteiger partial charge in [0.25, 0.3) is 5.91 Å². The van der Waals surface area contributed by atoms with Crippen LogP contribution in [0.1, 0.15) is 22.8 Å². The van der Waals surface area contributed by atoms with Gasteiger partial charge >= 0.3 is 5.97 Å². The highest BCUT2D eigenvalue weighted by Crippen LogP contribution is 2.24. The van der Waals surface area contributed by atoms with E-state index in [1.54, 1.807) is 37.3 Å². The monoisotopic (exact) mass is 462 g/mol. The van der Waals surface area contributed by atoms with Gasteiger partial charge in [-0.05, 0) is 43.7 Å². The number of aryl methyl sites for hydroxylation is 1. The number of benzene rings is 2. The molecule has 0 aromatic heterocycles. The summed E-state index contributed by atoms with van der Waals surface area (Å²) in [7, 11) is -3.76. The van der Waals surface area contributed by atoms with Crippen molar-refractivity contribution in [1.29, 1.82) is 0 Å². The van der Waals surface area contributed by atoms with Gasteiger partial charge in [0.2, 0.25) is 10.0 Å². The Hall–Kier alpha value is -2.95. The summed E-state index contributed by atoms with van der Waals surface area (Å²) in [6, 6.07) is 11.2. The number of nitrogens with one attached hydrogen (secondary N) is 1. The molecule has 1 aliphatic heterocycles. The molecule has 1 saturated heterocycles. The number of carbonyl (C=O) groups excluding carboxylic acids is 2. The van der Waals surface area contributed by atoms with Crippen molar-refractivity contribution in [2.75, 3.05) is 44.8 Å². The normalized spacial score (nSPS) is 14.6. The molecular formula is C22H26N2O7S. The van der Waals surface area contributed by atoms with Crippen LogP contribution in [0.15, 0.2) is 47.4 Å². The van der Waals surface area contributed by atoms with Crippen molar-refractivity contribution in [1.82, 2.24) is 4.31 Å². The largest absolute Gasteiger partial charge is 0.492 e. The van der Waals surface area contributed by atoms with Crippen molar-refractivity contribution in [3.8, 4) is 5.75 Å². The first-order valence-electron chi connectivity index (χ1n) is 10.2. The molecule has 172 valence electrons. The summed E-state index contributed by atoms with van der Waals surface area (Å²) < 4.78 is 42.9. The minimum absolute atomic E-state index is 0.00737. The zero-order chi connectivity index (χ0) is 23.1. The maximum absolute atomic E-state index is 12.9. The van der Waals surface area contributed by atoms with Crippen LogP contribution in [-0.4, -0.2) is 64.1 Å². The lowest BCUT2D eigenvalue weighted by Crippen LogP contribution is -2.40. The number of amides is 1. The van der Waals surface area contributed by atoms with Crippen molar-refractivity contribution >= 4 is 27.6 Å². The first-order valence-corrected chi connectivity index (χ1v) is 11.6. The lowest BCUT2D eigenvalue weighted by atomic mass is 10.1. The van der Waals surface area contributed by atoms with Crippen LogP contribution in [0.4, 0.5) is 5.69 Å². The highest BCUT2D eigenvalue weighted by Gasteiger charge is 2.27. The van der Waals surface area contributed by atoms with Crippen molar-refractivity contribution in [2.45, 2.75) is 18.7 Å². The van der Waals surface area contributed by atoms with Gasteiger partial charge in [-0.1, -0.05) is 18.2 Å². The van der Waals surface area contributed by atoms with Gasteiger partial charge in [-0.2, -0.15) is 4.31 Å². The van der Waals surface area contributed by atoms with E-state index in [1.165, 1.54) is 16.4 Å². The number of sulfonamides is 1. The molecule has 0 unspecified atom stereocenters. The maximum atomic E-state index is 12.9. The molecule has 0 saturated carbocycles. The van der Waals surface area contributed by atoms with E-state index in [1.807, 2.05) is 6.92 Å². The average molecular weight is 463 g/mol. The zero-order valence-electron chi connectivity index (χ0n) is 18.0. The Morgan fingerprint density at radius 1 is 1.12 bits per heavy atom. The van der Waals surface area contributed by atoms with E-state index in [0.29, 0.717) is 36.8 Å². The zero-order valence-corrected chi connectivity index (χ0v) is 18.8. The van der Waals surface area contributed by atoms with Gasteiger partial charge in [0.05, 0.1) is 36.0 Å². The molecule has 9 nitrogen and oxygen atoms in total. The fourth-order valence-corrected chi connectivity index (χ4v) is 4.60. The highest BCUT2D eigenvalue weighted by atomic mass is 32.2. The third kappa shape index (κ3) is 5.64. The van der Waals surface area contributed by atoms with E-state index in [4.69, 9.17) is 14.2 Å². The van der Waals surface area contributed by atoms with Gasteiger partial charge in [0.1, 0.15) is 5.75 Å². The molecule has 1 heterocycles. The molecule has 0 radical (unpaired) electrons. The topological polar surface area (TPSA) is 111 Å². The SMILES string of the molecule is CCOc1ccccc1NC(=O)COC(=O)c1cc(S(=O)(=O)N2CCOCC2)ccc1C. The lowest BCUT2D eigenvalue weighted by Gasteiger charge is -2.26. The number of morpholine rings is 1. The molecule has 3 rings (SSSR count). The fraction of sp³-hybridized carbons (Fsp3) is 0.364. The molecule has 1 aliphatic rings. The summed E-state index contributed by atoms with van der Waals surface area (Å²) in [5, 5.41) is 2.64. The van der Waals surface area contributed by atoms with Gasteiger partial charge in [-0.3, -0.25) is 4.79 Å². The van der Waals surface area contributed by atoms with Crippen LogP contribution in [0, 0.1) is 6.92 Å². The second-order valence-corrected chi connectivity index (χ2v) is 8.98. The Balaban J connectivity index is 1.67. The smallest absolute Gasteiger partial charge is 0.338 e. The summed E-state index contributed by atoms with van der Waals surface area (Å²) in [5.41, 5.74) is 1.09. The first kappa shape index (κ1) is 23.7. The standard InChI is InChI=1S/C22H26N2O7S/c1-3-30-20-7-5-4-6-19(20)23-21(25)15-31-22(26)18-14-17(9-8-16(18)2)32(27,28)24-10-12-29-13-11-24/h4-9,14H,3,10-13,15H2,1-2H3,(H,23,25). The number of ether oxygens (including phenoxy) is 3. The molecule has 32 heavy (non-hydrogen) atoms. The Morgan fingerprint density at radius 2 is 1.84 bits per heavy atom. The molecule has 0 atom stereocenters. The van der Waals surface area contributed by atoms with Crippen molar-refractivity contribution < 1.29 is 32.2 Å². The summed E-state index contributed by atoms with van der Waals surface area (Å²) in [6.45, 7) is 4.54. The Labute approximate surface area is 187 Å². The molecule has 0 spiro atoms. The van der Waals surface area contributed by atoms with Crippen molar-refractivity contribution in [3.05, 3.63) is 53.6 Å². The van der Waals surface area contributed by atoms with Crippen LogP contribution in [0.5, 0.6) is 5.75 Å². The van der Waals surface area contributed by atoms with Gasteiger partial charge in [0, 0.05) is 13.1 Å².